The Bertz CT molecular complexity index is 1970. The third-order valence-corrected chi connectivity index (χ3v) is 10.1. The number of ether oxygens (including phenoxy) is 1. The van der Waals surface area contributed by atoms with Crippen molar-refractivity contribution in [1.29, 1.82) is 0 Å². The molecule has 0 aliphatic heterocycles. The van der Waals surface area contributed by atoms with Crippen LogP contribution in [0.5, 0.6) is 0 Å². The quantitative estimate of drug-likeness (QED) is 0.0820. The van der Waals surface area contributed by atoms with Gasteiger partial charge in [0.05, 0.1) is 35.9 Å². The first kappa shape index (κ1) is 36.2. The minimum atomic E-state index is -0.621. The summed E-state index contributed by atoms with van der Waals surface area (Å²) in [5.74, 6) is -0.817. The number of anilines is 5. The molecular weight excluding hydrogens is 666 g/mol. The lowest BCUT2D eigenvalue weighted by molar-refractivity contribution is 0.0425. The minimum absolute atomic E-state index is 0.0623. The fourth-order valence-corrected chi connectivity index (χ4v) is 7.17. The smallest absolute Gasteiger partial charge is 0.358 e. The third kappa shape index (κ3) is 7.84. The summed E-state index contributed by atoms with van der Waals surface area (Å²) in [6.07, 6.45) is 13.6. The fourth-order valence-electron chi connectivity index (χ4n) is 7.17. The second kappa shape index (κ2) is 15.0. The van der Waals surface area contributed by atoms with Crippen molar-refractivity contribution in [2.24, 2.45) is 17.2 Å². The summed E-state index contributed by atoms with van der Waals surface area (Å²) < 4.78 is 9.08. The van der Waals surface area contributed by atoms with Gasteiger partial charge in [-0.2, -0.15) is 10.2 Å². The van der Waals surface area contributed by atoms with Crippen molar-refractivity contribution in [1.82, 2.24) is 34.8 Å². The third-order valence-electron chi connectivity index (χ3n) is 10.1. The van der Waals surface area contributed by atoms with Gasteiger partial charge in [0.15, 0.2) is 17.3 Å². The number of pyridine rings is 2. The van der Waals surface area contributed by atoms with Crippen LogP contribution >= 0.6 is 0 Å². The molecule has 0 saturated heterocycles. The van der Waals surface area contributed by atoms with Crippen LogP contribution in [0, 0.1) is 13.8 Å². The van der Waals surface area contributed by atoms with E-state index in [2.05, 4.69) is 36.1 Å². The lowest BCUT2D eigenvalue weighted by Gasteiger charge is -2.38. The van der Waals surface area contributed by atoms with Gasteiger partial charge in [0.2, 0.25) is 0 Å². The number of carbonyl (C=O) groups is 3. The van der Waals surface area contributed by atoms with E-state index in [0.717, 1.165) is 56.9 Å². The average Bonchev–Trinajstić information content (AvgIpc) is 3.71. The summed E-state index contributed by atoms with van der Waals surface area (Å²) in [5.41, 5.74) is 26.5. The van der Waals surface area contributed by atoms with Crippen LogP contribution in [0.1, 0.15) is 113 Å². The first-order chi connectivity index (χ1) is 24.8. The number of primary amides is 2. The molecule has 11 N–H and O–H groups in total. The van der Waals surface area contributed by atoms with Crippen LogP contribution in [0.2, 0.25) is 0 Å². The van der Waals surface area contributed by atoms with Crippen LogP contribution in [-0.2, 0) is 4.74 Å². The molecule has 2 aliphatic carbocycles. The van der Waals surface area contributed by atoms with Gasteiger partial charge >= 0.3 is 5.97 Å². The van der Waals surface area contributed by atoms with Crippen molar-refractivity contribution in [3.05, 3.63) is 64.9 Å². The number of aromatic nitrogens is 6. The van der Waals surface area contributed by atoms with Crippen LogP contribution in [-0.4, -0.2) is 65.6 Å². The van der Waals surface area contributed by atoms with Crippen LogP contribution in [0.15, 0.2) is 36.9 Å². The van der Waals surface area contributed by atoms with Crippen LogP contribution in [0.3, 0.4) is 0 Å². The van der Waals surface area contributed by atoms with Crippen molar-refractivity contribution >= 4 is 46.6 Å². The van der Waals surface area contributed by atoms with E-state index in [1.165, 1.54) is 6.20 Å². The molecule has 4 unspecified atom stereocenters. The lowest BCUT2D eigenvalue weighted by atomic mass is 9.80. The van der Waals surface area contributed by atoms with Crippen LogP contribution < -0.4 is 38.9 Å². The molecule has 6 rings (SSSR count). The van der Waals surface area contributed by atoms with Crippen molar-refractivity contribution in [2.45, 2.75) is 95.8 Å². The number of nitrogens with one attached hydrogen (secondary N) is 3. The Morgan fingerprint density at radius 2 is 1.46 bits per heavy atom. The number of hydrogen-bond donors (Lipinski definition) is 7. The van der Waals surface area contributed by atoms with Gasteiger partial charge in [-0.25, -0.2) is 14.8 Å². The number of aryl methyl sites for hydroxylation is 2. The van der Waals surface area contributed by atoms with Crippen molar-refractivity contribution in [2.75, 3.05) is 23.1 Å². The molecule has 4 aromatic heterocycles. The molecule has 2 aliphatic rings. The Hall–Kier alpha value is -5.55. The van der Waals surface area contributed by atoms with E-state index in [-0.39, 0.29) is 47.5 Å². The molecule has 17 heteroatoms. The molecule has 4 heterocycles. The molecule has 52 heavy (non-hydrogen) atoms. The number of rotatable bonds is 12. The number of nitrogens with zero attached hydrogens (tertiary/aromatic N) is 6. The highest BCUT2D eigenvalue weighted by Gasteiger charge is 2.36. The maximum Gasteiger partial charge on any atom is 0.358 e. The summed E-state index contributed by atoms with van der Waals surface area (Å²) in [7, 11) is 0. The second-order valence-corrected chi connectivity index (χ2v) is 14.0. The molecular formula is C35H47N13O4. The van der Waals surface area contributed by atoms with Crippen LogP contribution in [0.4, 0.5) is 28.8 Å². The van der Waals surface area contributed by atoms with Crippen molar-refractivity contribution < 1.29 is 19.1 Å². The van der Waals surface area contributed by atoms with Crippen LogP contribution in [0.25, 0.3) is 0 Å². The van der Waals surface area contributed by atoms with E-state index in [1.54, 1.807) is 40.9 Å². The molecule has 17 nitrogen and oxygen atoms in total. The van der Waals surface area contributed by atoms with E-state index in [0.29, 0.717) is 28.6 Å². The molecule has 2 saturated carbocycles. The number of hydrogen-bond acceptors (Lipinski definition) is 13. The normalized spacial score (nSPS) is 21.7. The lowest BCUT2D eigenvalue weighted by Crippen LogP contribution is -2.47. The van der Waals surface area contributed by atoms with E-state index < -0.39 is 23.3 Å². The Morgan fingerprint density at radius 3 is 2.10 bits per heavy atom. The fraction of sp³-hybridized carbons (Fsp3) is 0.457. The number of amides is 2. The monoisotopic (exact) mass is 713 g/mol. The van der Waals surface area contributed by atoms with Gasteiger partial charge in [-0.15, -0.1) is 0 Å². The Morgan fingerprint density at radius 1 is 0.865 bits per heavy atom. The predicted molar refractivity (Wildman–Crippen MR) is 195 cm³/mol. The number of nitrogen functional groups attached to an aromatic ring is 1. The summed E-state index contributed by atoms with van der Waals surface area (Å²) >= 11 is 0. The zero-order valence-corrected chi connectivity index (χ0v) is 29.7. The van der Waals surface area contributed by atoms with E-state index >= 15 is 0 Å². The van der Waals surface area contributed by atoms with Gasteiger partial charge < -0.3 is 38.3 Å². The second-order valence-electron chi connectivity index (χ2n) is 14.0. The molecule has 4 aromatic rings. The van der Waals surface area contributed by atoms with Gasteiger partial charge in [-0.1, -0.05) is 25.7 Å². The molecule has 2 amide bonds. The molecule has 4 atom stereocenters. The Balaban J connectivity index is 1.09. The molecule has 2 fully saturated rings. The highest BCUT2D eigenvalue weighted by atomic mass is 16.5. The summed E-state index contributed by atoms with van der Waals surface area (Å²) in [4.78, 5) is 46.3. The molecule has 0 radical (unpaired) electrons. The van der Waals surface area contributed by atoms with E-state index in [9.17, 15) is 14.4 Å². The van der Waals surface area contributed by atoms with Gasteiger partial charge in [0.1, 0.15) is 23.7 Å². The number of esters is 1. The summed E-state index contributed by atoms with van der Waals surface area (Å²) in [6, 6.07) is 3.25. The maximum atomic E-state index is 13.1. The molecule has 276 valence electrons. The van der Waals surface area contributed by atoms with E-state index in [4.69, 9.17) is 27.7 Å². The van der Waals surface area contributed by atoms with Crippen molar-refractivity contribution in [3.8, 4) is 0 Å². The SMILES string of the molecule is Cc1cc(Nc2nn(C3CCCCC3NCOC(=O)c3ncc(Nc4nn(C5CCCCC5(C)N)cc4C(N)=O)cc3C)cc2C(N)=O)cnc1N. The first-order valence-electron chi connectivity index (χ1n) is 17.5. The summed E-state index contributed by atoms with van der Waals surface area (Å²) in [5, 5.41) is 18.9. The van der Waals surface area contributed by atoms with Crippen molar-refractivity contribution in [3.63, 3.8) is 0 Å². The van der Waals surface area contributed by atoms with Gasteiger partial charge in [0, 0.05) is 24.0 Å². The average molecular weight is 714 g/mol. The highest BCUT2D eigenvalue weighted by molar-refractivity contribution is 5.98. The maximum absolute atomic E-state index is 13.1. The predicted octanol–water partition coefficient (Wildman–Crippen LogP) is 3.47. The standard InChI is InChI=1S/C35H47N13O4/c1-19-12-21(43-33-24(31(38)50)17-48(46-33)27-10-6-7-11-35(27,3)39)14-40-28(19)34(51)52-18-42-25-8-4-5-9-26(25)47-16-23(30(37)49)32(45-47)44-22-13-20(2)29(36)41-15-22/h12-17,25-27,42H,4-11,18,39H2,1-3H3,(H2,36,41)(H2,37,49)(H2,38,50)(H,43,46)(H,44,45). The van der Waals surface area contributed by atoms with Gasteiger partial charge in [-0.05, 0) is 69.7 Å². The minimum Gasteiger partial charge on any atom is -0.445 e. The molecule has 0 aromatic carbocycles. The molecule has 0 bridgehead atoms. The van der Waals surface area contributed by atoms with Gasteiger partial charge in [0.25, 0.3) is 11.8 Å². The Labute approximate surface area is 301 Å². The van der Waals surface area contributed by atoms with E-state index in [1.807, 2.05) is 19.9 Å². The highest BCUT2D eigenvalue weighted by Crippen LogP contribution is 2.36. The zero-order valence-electron chi connectivity index (χ0n) is 29.7. The largest absolute Gasteiger partial charge is 0.445 e. The van der Waals surface area contributed by atoms with Gasteiger partial charge in [-0.3, -0.25) is 24.3 Å². The topological polar surface area (TPSA) is 262 Å². The number of nitrogens with two attached hydrogens (primary N) is 4. The number of carbonyl (C=O) groups excluding carboxylic acids is 3. The zero-order chi connectivity index (χ0) is 37.2. The molecule has 0 spiro atoms. The Kier molecular flexibility index (Phi) is 10.4. The first-order valence-corrected chi connectivity index (χ1v) is 17.5. The summed E-state index contributed by atoms with van der Waals surface area (Å²) in [6.45, 7) is 5.52.